The largest absolute Gasteiger partial charge is 0.339 e. The maximum absolute atomic E-state index is 13.0. The predicted molar refractivity (Wildman–Crippen MR) is 122 cm³/mol. The van der Waals surface area contributed by atoms with E-state index in [1.165, 1.54) is 0 Å². The van der Waals surface area contributed by atoms with E-state index in [0.29, 0.717) is 12.1 Å². The first-order valence-electron chi connectivity index (χ1n) is 10.0. The maximum Gasteiger partial charge on any atom is 0.255 e. The summed E-state index contributed by atoms with van der Waals surface area (Å²) >= 11 is 0. The third-order valence-electron chi connectivity index (χ3n) is 6.02. The topological polar surface area (TPSA) is 63.9 Å². The lowest BCUT2D eigenvalue weighted by Crippen LogP contribution is -2.44. The Kier molecular flexibility index (Phi) is 4.07. The Hall–Kier alpha value is -3.41. The molecule has 0 radical (unpaired) electrons. The summed E-state index contributed by atoms with van der Waals surface area (Å²) in [7, 11) is 6.01. The summed E-state index contributed by atoms with van der Waals surface area (Å²) < 4.78 is 1.78. The van der Waals surface area contributed by atoms with Gasteiger partial charge in [0.05, 0.1) is 11.3 Å². The first-order valence-corrected chi connectivity index (χ1v) is 10.0. The summed E-state index contributed by atoms with van der Waals surface area (Å²) in [4.78, 5) is 23.9. The van der Waals surface area contributed by atoms with Crippen molar-refractivity contribution in [3.8, 4) is 11.1 Å². The van der Waals surface area contributed by atoms with Crippen LogP contribution in [0.2, 0.25) is 0 Å². The minimum absolute atomic E-state index is 0.0396. The molecule has 0 N–H and O–H groups in total. The van der Waals surface area contributed by atoms with E-state index in [1.807, 2.05) is 36.5 Å². The van der Waals surface area contributed by atoms with Gasteiger partial charge in [0, 0.05) is 48.5 Å². The van der Waals surface area contributed by atoms with Crippen LogP contribution in [0.1, 0.15) is 27.2 Å². The van der Waals surface area contributed by atoms with Crippen LogP contribution in [0.3, 0.4) is 0 Å². The van der Waals surface area contributed by atoms with Crippen molar-refractivity contribution >= 4 is 32.6 Å². The molecule has 1 aliphatic rings. The standard InChI is InChI=1S/C22H21B2N5O/c1-13-8-14(16-9-17-11-28(2)27-20(17)26-10-16)5-6-15(13)12-29-21(30)18-4-3-7-25-19(18)22(29,23)24/h3-11H,12,23-24H2,1-2H3. The molecule has 146 valence electrons. The van der Waals surface area contributed by atoms with E-state index in [1.54, 1.807) is 10.9 Å². The van der Waals surface area contributed by atoms with Crippen molar-refractivity contribution in [2.75, 3.05) is 0 Å². The van der Waals surface area contributed by atoms with Crippen LogP contribution in [0.5, 0.6) is 0 Å². The fourth-order valence-corrected chi connectivity index (χ4v) is 4.28. The summed E-state index contributed by atoms with van der Waals surface area (Å²) in [6.45, 7) is 2.64. The minimum atomic E-state index is -0.436. The van der Waals surface area contributed by atoms with Crippen LogP contribution < -0.4 is 0 Å². The smallest absolute Gasteiger partial charge is 0.255 e. The van der Waals surface area contributed by atoms with Gasteiger partial charge in [0.2, 0.25) is 0 Å². The molecule has 4 heterocycles. The predicted octanol–water partition coefficient (Wildman–Crippen LogP) is 1.37. The van der Waals surface area contributed by atoms with Gasteiger partial charge in [0.1, 0.15) is 15.7 Å². The van der Waals surface area contributed by atoms with E-state index >= 15 is 0 Å². The molecule has 5 rings (SSSR count). The highest BCUT2D eigenvalue weighted by Crippen LogP contribution is 2.35. The van der Waals surface area contributed by atoms with Gasteiger partial charge in [-0.3, -0.25) is 14.5 Å². The van der Waals surface area contributed by atoms with E-state index in [0.717, 1.165) is 39.0 Å². The fraction of sp³-hybridized carbons (Fsp3) is 0.182. The number of aryl methyl sites for hydroxylation is 2. The monoisotopic (exact) mass is 393 g/mol. The number of rotatable bonds is 3. The Morgan fingerprint density at radius 2 is 1.93 bits per heavy atom. The van der Waals surface area contributed by atoms with Crippen LogP contribution >= 0.6 is 0 Å². The van der Waals surface area contributed by atoms with Crippen LogP contribution in [0, 0.1) is 6.92 Å². The van der Waals surface area contributed by atoms with Gasteiger partial charge in [0.25, 0.3) is 5.91 Å². The zero-order valence-corrected chi connectivity index (χ0v) is 17.5. The van der Waals surface area contributed by atoms with Crippen LogP contribution in [-0.4, -0.2) is 46.2 Å². The van der Waals surface area contributed by atoms with Gasteiger partial charge in [0.15, 0.2) is 5.65 Å². The lowest BCUT2D eigenvalue weighted by atomic mass is 9.59. The van der Waals surface area contributed by atoms with Crippen molar-refractivity contribution in [2.45, 2.75) is 18.8 Å². The Balaban J connectivity index is 1.46. The number of fused-ring (bicyclic) bond motifs is 2. The molecule has 1 aromatic carbocycles. The van der Waals surface area contributed by atoms with Gasteiger partial charge in [-0.1, -0.05) is 18.2 Å². The Labute approximate surface area is 176 Å². The lowest BCUT2D eigenvalue weighted by Gasteiger charge is -2.32. The van der Waals surface area contributed by atoms with Gasteiger partial charge in [-0.25, -0.2) is 4.98 Å². The molecule has 30 heavy (non-hydrogen) atoms. The Bertz CT molecular complexity index is 1310. The molecule has 6 nitrogen and oxygen atoms in total. The number of carbonyl (C=O) groups is 1. The van der Waals surface area contributed by atoms with E-state index in [4.69, 9.17) is 0 Å². The normalized spacial score (nSPS) is 15.0. The lowest BCUT2D eigenvalue weighted by molar-refractivity contribution is 0.0731. The molecule has 0 unspecified atom stereocenters. The number of hydrogen-bond donors (Lipinski definition) is 0. The van der Waals surface area contributed by atoms with E-state index < -0.39 is 5.34 Å². The quantitative estimate of drug-likeness (QED) is 0.494. The molecule has 8 heteroatoms. The van der Waals surface area contributed by atoms with E-state index in [2.05, 4.69) is 61.9 Å². The summed E-state index contributed by atoms with van der Waals surface area (Å²) in [5.74, 6) is 0.0396. The molecule has 0 fully saturated rings. The summed E-state index contributed by atoms with van der Waals surface area (Å²) in [5.41, 5.74) is 6.73. The van der Waals surface area contributed by atoms with Gasteiger partial charge < -0.3 is 4.90 Å². The zero-order chi connectivity index (χ0) is 21.0. The highest BCUT2D eigenvalue weighted by atomic mass is 16.2. The highest BCUT2D eigenvalue weighted by molar-refractivity contribution is 6.42. The molecule has 0 saturated heterocycles. The minimum Gasteiger partial charge on any atom is -0.339 e. The van der Waals surface area contributed by atoms with Crippen LogP contribution in [-0.2, 0) is 18.9 Å². The second kappa shape index (κ2) is 6.55. The molecular formula is C22H21B2N5O. The molecule has 0 saturated carbocycles. The first-order chi connectivity index (χ1) is 14.3. The average Bonchev–Trinajstić information content (AvgIpc) is 3.19. The van der Waals surface area contributed by atoms with Gasteiger partial charge in [-0.2, -0.15) is 5.10 Å². The number of pyridine rings is 2. The number of benzene rings is 1. The molecule has 0 aliphatic carbocycles. The van der Waals surface area contributed by atoms with Crippen LogP contribution in [0.15, 0.2) is 55.0 Å². The van der Waals surface area contributed by atoms with Crippen molar-refractivity contribution in [2.24, 2.45) is 7.05 Å². The molecule has 4 aromatic rings. The molecular weight excluding hydrogens is 372 g/mol. The SMILES string of the molecule is BC1(B)c2ncccc2C(=O)N1Cc1ccc(-c2cnc3nn(C)cc3c2)cc1C. The Morgan fingerprint density at radius 3 is 2.70 bits per heavy atom. The number of aromatic nitrogens is 4. The third-order valence-corrected chi connectivity index (χ3v) is 6.02. The fourth-order valence-electron chi connectivity index (χ4n) is 4.28. The van der Waals surface area contributed by atoms with Crippen LogP contribution in [0.4, 0.5) is 0 Å². The van der Waals surface area contributed by atoms with E-state index in [9.17, 15) is 4.79 Å². The number of nitrogens with zero attached hydrogens (tertiary/aromatic N) is 5. The second-order valence-corrected chi connectivity index (χ2v) is 8.43. The summed E-state index contributed by atoms with van der Waals surface area (Å²) in [5, 5.41) is 4.92. The van der Waals surface area contributed by atoms with Gasteiger partial charge >= 0.3 is 0 Å². The molecule has 3 aromatic heterocycles. The van der Waals surface area contributed by atoms with Crippen molar-refractivity contribution in [3.63, 3.8) is 0 Å². The summed E-state index contributed by atoms with van der Waals surface area (Å²) in [6, 6.07) is 12.2. The van der Waals surface area contributed by atoms with Gasteiger partial charge in [-0.05, 0) is 41.8 Å². The maximum atomic E-state index is 13.0. The molecule has 1 amide bonds. The second-order valence-electron chi connectivity index (χ2n) is 8.43. The van der Waals surface area contributed by atoms with Crippen molar-refractivity contribution in [1.29, 1.82) is 0 Å². The van der Waals surface area contributed by atoms with E-state index in [-0.39, 0.29) is 5.91 Å². The zero-order valence-electron chi connectivity index (χ0n) is 17.5. The van der Waals surface area contributed by atoms with Crippen molar-refractivity contribution in [1.82, 2.24) is 24.6 Å². The molecule has 0 atom stereocenters. The highest BCUT2D eigenvalue weighted by Gasteiger charge is 2.43. The third kappa shape index (κ3) is 2.83. The number of amides is 1. The Morgan fingerprint density at radius 1 is 1.10 bits per heavy atom. The first kappa shape index (κ1) is 18.6. The molecule has 0 spiro atoms. The summed E-state index contributed by atoms with van der Waals surface area (Å²) in [6.07, 6.45) is 5.59. The van der Waals surface area contributed by atoms with Crippen molar-refractivity contribution in [3.05, 3.63) is 77.4 Å². The van der Waals surface area contributed by atoms with Gasteiger partial charge in [-0.15, -0.1) is 0 Å². The van der Waals surface area contributed by atoms with Crippen LogP contribution in [0.25, 0.3) is 22.2 Å². The van der Waals surface area contributed by atoms with Crippen molar-refractivity contribution < 1.29 is 4.79 Å². The molecule has 1 aliphatic heterocycles. The molecule has 0 bridgehead atoms. The number of hydrogen-bond acceptors (Lipinski definition) is 4. The number of carbonyl (C=O) groups excluding carboxylic acids is 1. The average molecular weight is 393 g/mol.